The molecule has 0 unspecified atom stereocenters. The summed E-state index contributed by atoms with van der Waals surface area (Å²) in [5, 5.41) is 0. The van der Waals surface area contributed by atoms with Gasteiger partial charge in [0.2, 0.25) is 0 Å². The average molecular weight is 233 g/mol. The van der Waals surface area contributed by atoms with E-state index < -0.39 is 0 Å². The van der Waals surface area contributed by atoms with Crippen LogP contribution in [0.2, 0.25) is 0 Å². The van der Waals surface area contributed by atoms with Gasteiger partial charge in [-0.1, -0.05) is 0 Å². The molecule has 1 aromatic rings. The molecular weight excluding hydrogens is 214 g/mol. The maximum Gasteiger partial charge on any atom is 0.150 e. The Bertz CT molecular complexity index is 399. The van der Waals surface area contributed by atoms with Gasteiger partial charge in [0.15, 0.2) is 0 Å². The number of rotatable bonds is 6. The monoisotopic (exact) mass is 233 g/mol. The molecule has 1 aliphatic carbocycles. The van der Waals surface area contributed by atoms with Crippen molar-refractivity contribution in [2.24, 2.45) is 5.92 Å². The molecule has 3 nitrogen and oxygen atoms in total. The molecule has 2 rings (SSSR count). The molecule has 0 radical (unpaired) electrons. The molecule has 1 saturated carbocycles. The van der Waals surface area contributed by atoms with E-state index in [-0.39, 0.29) is 0 Å². The van der Waals surface area contributed by atoms with Crippen molar-refractivity contribution in [3.05, 3.63) is 29.3 Å². The summed E-state index contributed by atoms with van der Waals surface area (Å²) >= 11 is 0. The van der Waals surface area contributed by atoms with Gasteiger partial charge in [-0.05, 0) is 44.0 Å². The summed E-state index contributed by atoms with van der Waals surface area (Å²) in [4.78, 5) is 13.1. The first kappa shape index (κ1) is 12.1. The lowest BCUT2D eigenvalue weighted by Crippen LogP contribution is -2.20. The molecule has 0 aromatic heterocycles. The van der Waals surface area contributed by atoms with Crippen LogP contribution in [0.15, 0.2) is 18.2 Å². The summed E-state index contributed by atoms with van der Waals surface area (Å²) in [6, 6.07) is 5.56. The zero-order valence-corrected chi connectivity index (χ0v) is 10.5. The molecule has 3 heteroatoms. The molecule has 0 atom stereocenters. The Morgan fingerprint density at radius 2 is 2.24 bits per heavy atom. The second kappa shape index (κ2) is 5.32. The molecule has 17 heavy (non-hydrogen) atoms. The van der Waals surface area contributed by atoms with Gasteiger partial charge in [0.25, 0.3) is 0 Å². The highest BCUT2D eigenvalue weighted by atomic mass is 16.5. The second-order valence-corrected chi connectivity index (χ2v) is 4.83. The number of methoxy groups -OCH3 is 1. The van der Waals surface area contributed by atoms with Gasteiger partial charge in [0.05, 0.1) is 7.11 Å². The van der Waals surface area contributed by atoms with Gasteiger partial charge in [-0.2, -0.15) is 0 Å². The number of nitrogens with zero attached hydrogens (tertiary/aromatic N) is 1. The predicted molar refractivity (Wildman–Crippen MR) is 67.4 cm³/mol. The molecule has 92 valence electrons. The smallest absolute Gasteiger partial charge is 0.150 e. The highest BCUT2D eigenvalue weighted by Gasteiger charge is 2.23. The van der Waals surface area contributed by atoms with E-state index in [4.69, 9.17) is 4.74 Å². The Labute approximate surface area is 102 Å². The van der Waals surface area contributed by atoms with Gasteiger partial charge in [0, 0.05) is 24.2 Å². The van der Waals surface area contributed by atoms with Crippen LogP contribution in [0, 0.1) is 5.92 Å². The maximum atomic E-state index is 10.8. The number of hydrogen-bond acceptors (Lipinski definition) is 3. The molecule has 0 heterocycles. The highest BCUT2D eigenvalue weighted by Crippen LogP contribution is 2.30. The molecule has 0 bridgehead atoms. The summed E-state index contributed by atoms with van der Waals surface area (Å²) in [6.07, 6.45) is 3.59. The summed E-state index contributed by atoms with van der Waals surface area (Å²) < 4.78 is 5.32. The van der Waals surface area contributed by atoms with E-state index in [9.17, 15) is 4.79 Å². The van der Waals surface area contributed by atoms with Crippen LogP contribution in [-0.2, 0) is 6.54 Å². The molecule has 0 aliphatic heterocycles. The molecule has 0 N–H and O–H groups in total. The molecular formula is C14H19NO2. The van der Waals surface area contributed by atoms with E-state index in [0.717, 1.165) is 36.6 Å². The van der Waals surface area contributed by atoms with Crippen molar-refractivity contribution in [1.82, 2.24) is 4.90 Å². The van der Waals surface area contributed by atoms with E-state index in [1.165, 1.54) is 12.8 Å². The van der Waals surface area contributed by atoms with Crippen molar-refractivity contribution in [2.45, 2.75) is 19.4 Å². The van der Waals surface area contributed by atoms with Crippen molar-refractivity contribution in [2.75, 3.05) is 20.7 Å². The first-order chi connectivity index (χ1) is 8.22. The largest absolute Gasteiger partial charge is 0.496 e. The number of hydrogen-bond donors (Lipinski definition) is 0. The molecule has 0 spiro atoms. The third-order valence-electron chi connectivity index (χ3n) is 3.15. The fourth-order valence-corrected chi connectivity index (χ4v) is 2.09. The Morgan fingerprint density at radius 3 is 2.82 bits per heavy atom. The lowest BCUT2D eigenvalue weighted by molar-refractivity contribution is 0.112. The van der Waals surface area contributed by atoms with E-state index in [1.54, 1.807) is 13.2 Å². The number of carbonyl (C=O) groups is 1. The Morgan fingerprint density at radius 1 is 1.47 bits per heavy atom. The Balaban J connectivity index is 2.07. The van der Waals surface area contributed by atoms with Crippen LogP contribution >= 0.6 is 0 Å². The fourth-order valence-electron chi connectivity index (χ4n) is 2.09. The summed E-state index contributed by atoms with van der Waals surface area (Å²) in [5.41, 5.74) is 1.79. The Hall–Kier alpha value is -1.35. The zero-order valence-electron chi connectivity index (χ0n) is 10.5. The molecule has 1 aliphatic rings. The van der Waals surface area contributed by atoms with E-state index in [0.29, 0.717) is 5.56 Å². The van der Waals surface area contributed by atoms with Crippen LogP contribution < -0.4 is 4.74 Å². The van der Waals surface area contributed by atoms with Gasteiger partial charge in [-0.3, -0.25) is 4.79 Å². The number of ether oxygens (including phenoxy) is 1. The lowest BCUT2D eigenvalue weighted by Gasteiger charge is -2.18. The lowest BCUT2D eigenvalue weighted by atomic mass is 10.1. The molecule has 0 saturated heterocycles. The number of aldehydes is 1. The average Bonchev–Trinajstić information content (AvgIpc) is 3.12. The van der Waals surface area contributed by atoms with E-state index in [1.807, 2.05) is 12.1 Å². The molecule has 1 fully saturated rings. The van der Waals surface area contributed by atoms with Crippen LogP contribution in [-0.4, -0.2) is 31.9 Å². The maximum absolute atomic E-state index is 10.8. The zero-order chi connectivity index (χ0) is 12.3. The van der Waals surface area contributed by atoms with E-state index in [2.05, 4.69) is 11.9 Å². The van der Waals surface area contributed by atoms with Gasteiger partial charge in [-0.15, -0.1) is 0 Å². The number of carbonyl (C=O) groups excluding carboxylic acids is 1. The molecule has 0 amide bonds. The minimum atomic E-state index is 0.709. The minimum Gasteiger partial charge on any atom is -0.496 e. The normalized spacial score (nSPS) is 15.0. The second-order valence-electron chi connectivity index (χ2n) is 4.83. The SMILES string of the molecule is COc1ccc(C=O)cc1CN(C)CC1CC1. The van der Waals surface area contributed by atoms with Crippen LogP contribution in [0.3, 0.4) is 0 Å². The van der Waals surface area contributed by atoms with Gasteiger partial charge < -0.3 is 9.64 Å². The summed E-state index contributed by atoms with van der Waals surface area (Å²) in [6.45, 7) is 1.97. The summed E-state index contributed by atoms with van der Waals surface area (Å²) in [7, 11) is 3.78. The Kier molecular flexibility index (Phi) is 3.79. The third kappa shape index (κ3) is 3.30. The standard InChI is InChI=1S/C14H19NO2/c1-15(8-11-3-4-11)9-13-7-12(10-16)5-6-14(13)17-2/h5-7,10-11H,3-4,8-9H2,1-2H3. The van der Waals surface area contributed by atoms with Crippen LogP contribution in [0.25, 0.3) is 0 Å². The van der Waals surface area contributed by atoms with Crippen molar-refractivity contribution in [1.29, 1.82) is 0 Å². The number of benzene rings is 1. The fraction of sp³-hybridized carbons (Fsp3) is 0.500. The van der Waals surface area contributed by atoms with Crippen LogP contribution in [0.4, 0.5) is 0 Å². The topological polar surface area (TPSA) is 29.5 Å². The quantitative estimate of drug-likeness (QED) is 0.706. The van der Waals surface area contributed by atoms with Gasteiger partial charge >= 0.3 is 0 Å². The minimum absolute atomic E-state index is 0.709. The predicted octanol–water partition coefficient (Wildman–Crippen LogP) is 2.35. The first-order valence-electron chi connectivity index (χ1n) is 6.03. The van der Waals surface area contributed by atoms with Gasteiger partial charge in [0.1, 0.15) is 12.0 Å². The van der Waals surface area contributed by atoms with Crippen LogP contribution in [0.5, 0.6) is 5.75 Å². The van der Waals surface area contributed by atoms with E-state index >= 15 is 0 Å². The van der Waals surface area contributed by atoms with Crippen molar-refractivity contribution in [3.63, 3.8) is 0 Å². The van der Waals surface area contributed by atoms with Crippen molar-refractivity contribution in [3.8, 4) is 5.75 Å². The third-order valence-corrected chi connectivity index (χ3v) is 3.15. The van der Waals surface area contributed by atoms with Crippen LogP contribution in [0.1, 0.15) is 28.8 Å². The van der Waals surface area contributed by atoms with Crippen molar-refractivity contribution >= 4 is 6.29 Å². The van der Waals surface area contributed by atoms with Gasteiger partial charge in [-0.25, -0.2) is 0 Å². The highest BCUT2D eigenvalue weighted by molar-refractivity contribution is 5.75. The first-order valence-corrected chi connectivity index (χ1v) is 6.03. The molecule has 1 aromatic carbocycles. The summed E-state index contributed by atoms with van der Waals surface area (Å²) in [5.74, 6) is 1.73. The van der Waals surface area contributed by atoms with Crippen molar-refractivity contribution < 1.29 is 9.53 Å².